The number of nitrogens with zero attached hydrogens (tertiary/aromatic N) is 2. The van der Waals surface area contributed by atoms with Gasteiger partial charge in [-0.15, -0.1) is 0 Å². The fraction of sp³-hybridized carbons (Fsp3) is 0.0417. The molecule has 0 aromatic heterocycles. The van der Waals surface area contributed by atoms with E-state index in [9.17, 15) is 9.59 Å². The van der Waals surface area contributed by atoms with Crippen LogP contribution in [0.5, 0.6) is 0 Å². The van der Waals surface area contributed by atoms with Crippen LogP contribution in [0.2, 0.25) is 10.0 Å². The van der Waals surface area contributed by atoms with Crippen LogP contribution in [-0.2, 0) is 4.74 Å². The summed E-state index contributed by atoms with van der Waals surface area (Å²) in [4.78, 5) is 25.0. The Morgan fingerprint density at radius 3 is 1.94 bits per heavy atom. The van der Waals surface area contributed by atoms with Gasteiger partial charge < -0.3 is 4.74 Å². The predicted molar refractivity (Wildman–Crippen MR) is 131 cm³/mol. The van der Waals surface area contributed by atoms with E-state index in [-0.39, 0.29) is 22.3 Å². The van der Waals surface area contributed by atoms with Gasteiger partial charge in [-0.25, -0.2) is 10.9 Å². The molecular weight excluding hydrogens is 477 g/mol. The van der Waals surface area contributed by atoms with Gasteiger partial charge in [0.1, 0.15) is 5.71 Å². The fourth-order valence-corrected chi connectivity index (χ4v) is 3.65. The first kappa shape index (κ1) is 23.2. The largest absolute Gasteiger partial charge is 0.461 e. The van der Waals surface area contributed by atoms with Crippen molar-refractivity contribution >= 4 is 52.3 Å². The van der Waals surface area contributed by atoms with E-state index in [0.717, 1.165) is 0 Å². The molecule has 3 aromatic carbocycles. The molecule has 0 radical (unpaired) electrons. The number of hydrogen-bond acceptors (Lipinski definition) is 6. The van der Waals surface area contributed by atoms with Crippen LogP contribution in [0.15, 0.2) is 89.1 Å². The summed E-state index contributed by atoms with van der Waals surface area (Å²) < 4.78 is 5.66. The van der Waals surface area contributed by atoms with Gasteiger partial charge in [-0.1, -0.05) is 65.7 Å². The summed E-state index contributed by atoms with van der Waals surface area (Å²) in [7, 11) is 0. The SMILES string of the molecule is N=C1O[C@@H](c2ccc(Cl)cc2Cl)C(=N/NC(=O)c2ccccc2)/C1=N\NC(=O)c1ccccc1. The molecule has 8 nitrogen and oxygen atoms in total. The number of rotatable bonds is 5. The van der Waals surface area contributed by atoms with Crippen molar-refractivity contribution in [1.29, 1.82) is 5.41 Å². The first-order valence-electron chi connectivity index (χ1n) is 10.0. The lowest BCUT2D eigenvalue weighted by atomic mass is 10.0. The Morgan fingerprint density at radius 2 is 1.38 bits per heavy atom. The molecule has 34 heavy (non-hydrogen) atoms. The summed E-state index contributed by atoms with van der Waals surface area (Å²) in [6.45, 7) is 0. The lowest BCUT2D eigenvalue weighted by Crippen LogP contribution is -2.28. The summed E-state index contributed by atoms with van der Waals surface area (Å²) in [5, 5.41) is 17.2. The predicted octanol–water partition coefficient (Wildman–Crippen LogP) is 4.61. The molecule has 2 amide bonds. The highest BCUT2D eigenvalue weighted by atomic mass is 35.5. The Labute approximate surface area is 204 Å². The minimum atomic E-state index is -0.958. The molecule has 10 heteroatoms. The maximum Gasteiger partial charge on any atom is 0.271 e. The lowest BCUT2D eigenvalue weighted by Gasteiger charge is -2.13. The average molecular weight is 494 g/mol. The average Bonchev–Trinajstić information content (AvgIpc) is 3.16. The van der Waals surface area contributed by atoms with Gasteiger partial charge in [0.15, 0.2) is 11.8 Å². The molecule has 0 aliphatic carbocycles. The zero-order valence-corrected chi connectivity index (χ0v) is 19.0. The van der Waals surface area contributed by atoms with Gasteiger partial charge in [0.05, 0.1) is 0 Å². The number of benzene rings is 3. The first-order valence-corrected chi connectivity index (χ1v) is 10.8. The quantitative estimate of drug-likeness (QED) is 0.450. The van der Waals surface area contributed by atoms with E-state index in [1.54, 1.807) is 72.8 Å². The standard InChI is InChI=1S/C24H17Cl2N5O3/c25-16-11-12-17(18(26)13-16)21-19(28-30-23(32)14-7-3-1-4-8-14)20(22(27)34-21)29-31-24(33)15-9-5-2-6-10-15/h1-13,21,27H,(H,30,32)(H,31,33)/b27-22?,28-19+,29-20+/t21-/m0/s1. The zero-order valence-electron chi connectivity index (χ0n) is 17.5. The smallest absolute Gasteiger partial charge is 0.271 e. The van der Waals surface area contributed by atoms with Crippen LogP contribution in [0.3, 0.4) is 0 Å². The summed E-state index contributed by atoms with van der Waals surface area (Å²) in [6, 6.07) is 21.7. The van der Waals surface area contributed by atoms with Crippen LogP contribution >= 0.6 is 23.2 Å². The van der Waals surface area contributed by atoms with Crippen LogP contribution in [0.1, 0.15) is 32.4 Å². The molecular formula is C24H17Cl2N5O3. The number of amides is 2. The third kappa shape index (κ3) is 5.14. The van der Waals surface area contributed by atoms with Crippen molar-refractivity contribution in [3.05, 3.63) is 106 Å². The summed E-state index contributed by atoms with van der Waals surface area (Å²) in [6.07, 6.45) is -0.958. The molecule has 0 saturated carbocycles. The molecule has 0 spiro atoms. The maximum absolute atomic E-state index is 12.5. The number of carbonyl (C=O) groups excluding carboxylic acids is 2. The van der Waals surface area contributed by atoms with E-state index in [1.165, 1.54) is 6.07 Å². The molecule has 1 atom stereocenters. The molecule has 0 bridgehead atoms. The van der Waals surface area contributed by atoms with Crippen LogP contribution in [0.4, 0.5) is 0 Å². The van der Waals surface area contributed by atoms with Crippen molar-refractivity contribution in [2.45, 2.75) is 6.10 Å². The Morgan fingerprint density at radius 1 is 0.824 bits per heavy atom. The molecule has 3 aromatic rings. The number of halogens is 2. The summed E-state index contributed by atoms with van der Waals surface area (Å²) in [5.74, 6) is -1.31. The van der Waals surface area contributed by atoms with E-state index in [1.807, 2.05) is 0 Å². The van der Waals surface area contributed by atoms with Crippen molar-refractivity contribution in [3.8, 4) is 0 Å². The second-order valence-electron chi connectivity index (χ2n) is 7.06. The normalized spacial score (nSPS) is 17.5. The second-order valence-corrected chi connectivity index (χ2v) is 7.91. The molecule has 1 saturated heterocycles. The number of hydrazone groups is 2. The van der Waals surface area contributed by atoms with Gasteiger partial charge in [-0.3, -0.25) is 15.0 Å². The molecule has 4 rings (SSSR count). The molecule has 1 fully saturated rings. The van der Waals surface area contributed by atoms with Gasteiger partial charge in [0.25, 0.3) is 11.8 Å². The van der Waals surface area contributed by atoms with Crippen molar-refractivity contribution in [3.63, 3.8) is 0 Å². The zero-order chi connectivity index (χ0) is 24.1. The van der Waals surface area contributed by atoms with Gasteiger partial charge >= 0.3 is 0 Å². The Balaban J connectivity index is 1.67. The van der Waals surface area contributed by atoms with Crippen molar-refractivity contribution in [2.24, 2.45) is 10.2 Å². The summed E-state index contributed by atoms with van der Waals surface area (Å²) >= 11 is 12.4. The highest BCUT2D eigenvalue weighted by Crippen LogP contribution is 2.33. The lowest BCUT2D eigenvalue weighted by molar-refractivity contribution is 0.0946. The first-order chi connectivity index (χ1) is 16.4. The second kappa shape index (κ2) is 10.3. The van der Waals surface area contributed by atoms with Crippen LogP contribution in [0, 0.1) is 5.41 Å². The van der Waals surface area contributed by atoms with E-state index >= 15 is 0 Å². The van der Waals surface area contributed by atoms with Crippen LogP contribution < -0.4 is 10.9 Å². The maximum atomic E-state index is 12.5. The minimum Gasteiger partial charge on any atom is -0.461 e. The Bertz CT molecular complexity index is 1310. The molecule has 1 aliphatic heterocycles. The van der Waals surface area contributed by atoms with Crippen molar-refractivity contribution in [1.82, 2.24) is 10.9 Å². The van der Waals surface area contributed by atoms with E-state index in [4.69, 9.17) is 33.3 Å². The highest BCUT2D eigenvalue weighted by Gasteiger charge is 2.38. The molecule has 0 unspecified atom stereocenters. The monoisotopic (exact) mass is 493 g/mol. The van der Waals surface area contributed by atoms with Crippen molar-refractivity contribution < 1.29 is 14.3 Å². The third-order valence-electron chi connectivity index (χ3n) is 4.81. The Hall–Kier alpha value is -4.01. The van der Waals surface area contributed by atoms with Gasteiger partial charge in [0.2, 0.25) is 5.90 Å². The minimum absolute atomic E-state index is 0.0614. The highest BCUT2D eigenvalue weighted by molar-refractivity contribution is 6.69. The van der Waals surface area contributed by atoms with Gasteiger partial charge in [0, 0.05) is 26.7 Å². The number of hydrogen-bond donors (Lipinski definition) is 3. The number of nitrogens with one attached hydrogen (secondary N) is 3. The molecule has 170 valence electrons. The Kier molecular flexibility index (Phi) is 7.01. The molecule has 1 aliphatic rings. The van der Waals surface area contributed by atoms with Crippen LogP contribution in [0.25, 0.3) is 0 Å². The van der Waals surface area contributed by atoms with E-state index < -0.39 is 17.9 Å². The number of ether oxygens (including phenoxy) is 1. The molecule has 3 N–H and O–H groups in total. The number of carbonyl (C=O) groups is 2. The van der Waals surface area contributed by atoms with Crippen LogP contribution in [-0.4, -0.2) is 29.1 Å². The van der Waals surface area contributed by atoms with Crippen molar-refractivity contribution in [2.75, 3.05) is 0 Å². The van der Waals surface area contributed by atoms with Gasteiger partial charge in [-0.05, 0) is 36.4 Å². The van der Waals surface area contributed by atoms with E-state index in [0.29, 0.717) is 21.7 Å². The van der Waals surface area contributed by atoms with E-state index in [2.05, 4.69) is 21.1 Å². The fourth-order valence-electron chi connectivity index (χ4n) is 3.14. The third-order valence-corrected chi connectivity index (χ3v) is 5.37. The topological polar surface area (TPSA) is 116 Å². The van der Waals surface area contributed by atoms with Gasteiger partial charge in [-0.2, -0.15) is 10.2 Å². The molecule has 1 heterocycles. The summed E-state index contributed by atoms with van der Waals surface area (Å²) in [5.41, 5.74) is 6.10.